The lowest BCUT2D eigenvalue weighted by molar-refractivity contribution is 0.102. The number of aromatic nitrogens is 6. The summed E-state index contributed by atoms with van der Waals surface area (Å²) in [6.45, 7) is 0. The van der Waals surface area contributed by atoms with Gasteiger partial charge in [-0.2, -0.15) is 10.2 Å². The number of nitrogen functional groups attached to an aromatic ring is 1. The number of carbonyl (C=O) groups is 1. The van der Waals surface area contributed by atoms with Crippen LogP contribution in [0.2, 0.25) is 0 Å². The zero-order valence-electron chi connectivity index (χ0n) is 15.4. The van der Waals surface area contributed by atoms with E-state index in [0.717, 1.165) is 16.7 Å². The van der Waals surface area contributed by atoms with E-state index in [0.29, 0.717) is 17.2 Å². The van der Waals surface area contributed by atoms with Gasteiger partial charge >= 0.3 is 0 Å². The van der Waals surface area contributed by atoms with Gasteiger partial charge in [0.1, 0.15) is 12.0 Å². The quantitative estimate of drug-likeness (QED) is 0.529. The molecule has 0 saturated carbocycles. The summed E-state index contributed by atoms with van der Waals surface area (Å²) in [4.78, 5) is 21.1. The largest absolute Gasteiger partial charge is 0.397 e. The van der Waals surface area contributed by atoms with Gasteiger partial charge in [0.2, 0.25) is 0 Å². The monoisotopic (exact) mass is 374 g/mol. The van der Waals surface area contributed by atoms with Crippen molar-refractivity contribution in [3.63, 3.8) is 0 Å². The highest BCUT2D eigenvalue weighted by Gasteiger charge is 2.13. The highest BCUT2D eigenvalue weighted by molar-refractivity contribution is 6.05. The smallest absolute Gasteiger partial charge is 0.274 e. The Bertz CT molecular complexity index is 1140. The minimum absolute atomic E-state index is 0.288. The lowest BCUT2D eigenvalue weighted by Crippen LogP contribution is -2.14. The number of hydrogen-bond donors (Lipinski definition) is 2. The number of amides is 1. The van der Waals surface area contributed by atoms with Crippen molar-refractivity contribution in [3.8, 4) is 22.5 Å². The van der Waals surface area contributed by atoms with Gasteiger partial charge in [-0.3, -0.25) is 14.5 Å². The summed E-state index contributed by atoms with van der Waals surface area (Å²) in [5, 5.41) is 11.0. The maximum atomic E-state index is 12.6. The first kappa shape index (κ1) is 17.4. The average molecular weight is 374 g/mol. The summed E-state index contributed by atoms with van der Waals surface area (Å²) in [6, 6.07) is 8.81. The van der Waals surface area contributed by atoms with Gasteiger partial charge in [0.25, 0.3) is 5.91 Å². The van der Waals surface area contributed by atoms with Gasteiger partial charge in [0.05, 0.1) is 17.6 Å². The van der Waals surface area contributed by atoms with E-state index in [1.807, 2.05) is 25.4 Å². The van der Waals surface area contributed by atoms with Crippen LogP contribution in [0.3, 0.4) is 0 Å². The molecule has 0 aliphatic rings. The second-order valence-electron chi connectivity index (χ2n) is 6.30. The number of nitrogens with two attached hydrogens (primary N) is 1. The Labute approximate surface area is 160 Å². The molecule has 9 heteroatoms. The second kappa shape index (κ2) is 6.95. The lowest BCUT2D eigenvalue weighted by atomic mass is 10.1. The Kier molecular flexibility index (Phi) is 4.32. The molecule has 4 rings (SSSR count). The Morgan fingerprint density at radius 1 is 1.00 bits per heavy atom. The zero-order valence-corrected chi connectivity index (χ0v) is 15.4. The van der Waals surface area contributed by atoms with Crippen molar-refractivity contribution in [1.29, 1.82) is 0 Å². The van der Waals surface area contributed by atoms with Gasteiger partial charge in [-0.25, -0.2) is 9.67 Å². The van der Waals surface area contributed by atoms with Gasteiger partial charge in [-0.15, -0.1) is 0 Å². The lowest BCUT2D eigenvalue weighted by Gasteiger charge is -2.10. The van der Waals surface area contributed by atoms with Gasteiger partial charge in [0, 0.05) is 43.2 Å². The molecule has 0 unspecified atom stereocenters. The minimum atomic E-state index is -0.348. The third-order valence-electron chi connectivity index (χ3n) is 4.31. The van der Waals surface area contributed by atoms with Crippen molar-refractivity contribution in [2.75, 3.05) is 11.1 Å². The number of anilines is 2. The molecular weight excluding hydrogens is 356 g/mol. The van der Waals surface area contributed by atoms with Crippen LogP contribution in [0.25, 0.3) is 22.5 Å². The standard InChI is InChI=1S/C19H18N8O/c1-26-10-14(9-23-26)13-4-6-16(21-8-13)19(28)25-17-7-12(3-5-15(17)20)18-22-11-24-27(18)2/h3-11H,20H2,1-2H3,(H,25,28). The Morgan fingerprint density at radius 3 is 2.46 bits per heavy atom. The number of hydrogen-bond acceptors (Lipinski definition) is 6. The molecule has 0 spiro atoms. The second-order valence-corrected chi connectivity index (χ2v) is 6.30. The number of benzene rings is 1. The highest BCUT2D eigenvalue weighted by atomic mass is 16.1. The van der Waals surface area contributed by atoms with Gasteiger partial charge in [-0.05, 0) is 24.3 Å². The third kappa shape index (κ3) is 3.32. The third-order valence-corrected chi connectivity index (χ3v) is 4.31. The number of carbonyl (C=O) groups excluding carboxylic acids is 1. The molecule has 3 heterocycles. The summed E-state index contributed by atoms with van der Waals surface area (Å²) in [7, 11) is 3.64. The fraction of sp³-hybridized carbons (Fsp3) is 0.105. The van der Waals surface area contributed by atoms with Gasteiger partial charge < -0.3 is 11.1 Å². The Balaban J connectivity index is 1.56. The van der Waals surface area contributed by atoms with Crippen molar-refractivity contribution < 1.29 is 4.79 Å². The van der Waals surface area contributed by atoms with Crippen LogP contribution < -0.4 is 11.1 Å². The molecule has 0 saturated heterocycles. The molecule has 9 nitrogen and oxygen atoms in total. The molecule has 1 amide bonds. The van der Waals surface area contributed by atoms with Crippen LogP contribution in [-0.2, 0) is 14.1 Å². The number of aryl methyl sites for hydroxylation is 2. The van der Waals surface area contributed by atoms with Crippen LogP contribution in [0, 0.1) is 0 Å². The van der Waals surface area contributed by atoms with E-state index in [1.54, 1.807) is 47.0 Å². The molecule has 0 atom stereocenters. The SMILES string of the molecule is Cn1cc(-c2ccc(C(=O)Nc3cc(-c4ncnn4C)ccc3N)nc2)cn1. The number of rotatable bonds is 4. The molecule has 0 aliphatic heterocycles. The first-order valence-corrected chi connectivity index (χ1v) is 8.51. The van der Waals surface area contributed by atoms with Crippen molar-refractivity contribution >= 4 is 17.3 Å². The van der Waals surface area contributed by atoms with Crippen LogP contribution in [0.15, 0.2) is 55.2 Å². The topological polar surface area (TPSA) is 117 Å². The van der Waals surface area contributed by atoms with Crippen LogP contribution in [0.5, 0.6) is 0 Å². The van der Waals surface area contributed by atoms with Crippen LogP contribution in [0.1, 0.15) is 10.5 Å². The van der Waals surface area contributed by atoms with Gasteiger partial charge in [-0.1, -0.05) is 6.07 Å². The van der Waals surface area contributed by atoms with Crippen molar-refractivity contribution in [2.45, 2.75) is 0 Å². The van der Waals surface area contributed by atoms with Crippen molar-refractivity contribution in [3.05, 3.63) is 60.9 Å². The molecule has 0 fully saturated rings. The zero-order chi connectivity index (χ0) is 19.7. The molecule has 3 aromatic heterocycles. The summed E-state index contributed by atoms with van der Waals surface area (Å²) >= 11 is 0. The van der Waals surface area contributed by atoms with E-state index < -0.39 is 0 Å². The number of nitrogens with one attached hydrogen (secondary N) is 1. The summed E-state index contributed by atoms with van der Waals surface area (Å²) < 4.78 is 3.36. The van der Waals surface area contributed by atoms with Gasteiger partial charge in [0.15, 0.2) is 5.82 Å². The summed E-state index contributed by atoms with van der Waals surface area (Å²) in [5.41, 5.74) is 9.86. The summed E-state index contributed by atoms with van der Waals surface area (Å²) in [6.07, 6.45) is 6.74. The van der Waals surface area contributed by atoms with E-state index in [9.17, 15) is 4.79 Å². The van der Waals surface area contributed by atoms with Crippen molar-refractivity contribution in [2.24, 2.45) is 14.1 Å². The predicted octanol–water partition coefficient (Wildman–Crippen LogP) is 2.11. The maximum Gasteiger partial charge on any atom is 0.274 e. The van der Waals surface area contributed by atoms with Crippen molar-refractivity contribution in [1.82, 2.24) is 29.5 Å². The molecule has 1 aromatic carbocycles. The number of pyridine rings is 1. The molecule has 140 valence electrons. The first-order chi connectivity index (χ1) is 13.5. The molecule has 0 bridgehead atoms. The normalized spacial score (nSPS) is 10.8. The van der Waals surface area contributed by atoms with E-state index in [-0.39, 0.29) is 11.6 Å². The molecular formula is C19H18N8O. The molecule has 0 aliphatic carbocycles. The first-order valence-electron chi connectivity index (χ1n) is 8.51. The summed E-state index contributed by atoms with van der Waals surface area (Å²) in [5.74, 6) is 0.328. The average Bonchev–Trinajstić information content (AvgIpc) is 3.32. The number of nitrogens with zero attached hydrogens (tertiary/aromatic N) is 6. The van der Waals surface area contributed by atoms with Crippen LogP contribution in [0.4, 0.5) is 11.4 Å². The fourth-order valence-electron chi connectivity index (χ4n) is 2.82. The fourth-order valence-corrected chi connectivity index (χ4v) is 2.82. The van der Waals surface area contributed by atoms with E-state index >= 15 is 0 Å². The molecule has 4 aromatic rings. The molecule has 0 radical (unpaired) electrons. The van der Waals surface area contributed by atoms with Crippen LogP contribution in [-0.4, -0.2) is 35.4 Å². The van der Waals surface area contributed by atoms with Crippen LogP contribution >= 0.6 is 0 Å². The maximum absolute atomic E-state index is 12.6. The van der Waals surface area contributed by atoms with E-state index in [1.165, 1.54) is 6.33 Å². The molecule has 28 heavy (non-hydrogen) atoms. The Hall–Kier alpha value is -4.01. The predicted molar refractivity (Wildman–Crippen MR) is 105 cm³/mol. The van der Waals surface area contributed by atoms with E-state index in [4.69, 9.17) is 5.73 Å². The molecule has 3 N–H and O–H groups in total. The minimum Gasteiger partial charge on any atom is -0.397 e. The Morgan fingerprint density at radius 2 is 1.82 bits per heavy atom. The highest BCUT2D eigenvalue weighted by Crippen LogP contribution is 2.26. The van der Waals surface area contributed by atoms with E-state index in [2.05, 4.69) is 25.5 Å².